The number of hydrogen-bond acceptors (Lipinski definition) is 8. The first kappa shape index (κ1) is 16.3. The van der Waals surface area contributed by atoms with Gasteiger partial charge in [-0.05, 0) is 31.5 Å². The predicted octanol–water partition coefficient (Wildman–Crippen LogP) is 3.21. The number of hydrogen-bond donors (Lipinski definition) is 1. The van der Waals surface area contributed by atoms with Crippen molar-refractivity contribution in [3.8, 4) is 11.5 Å². The van der Waals surface area contributed by atoms with Gasteiger partial charge in [0, 0.05) is 6.07 Å². The highest BCUT2D eigenvalue weighted by Crippen LogP contribution is 2.28. The van der Waals surface area contributed by atoms with E-state index in [1.165, 1.54) is 6.26 Å². The summed E-state index contributed by atoms with van der Waals surface area (Å²) in [6.07, 6.45) is 1.53. The Morgan fingerprint density at radius 2 is 2.19 bits per heavy atom. The van der Waals surface area contributed by atoms with Gasteiger partial charge >= 0.3 is 5.97 Å². The minimum Gasteiger partial charge on any atom is -0.461 e. The zero-order valence-corrected chi connectivity index (χ0v) is 14.7. The summed E-state index contributed by atoms with van der Waals surface area (Å²) < 4.78 is 15.7. The number of furan rings is 1. The Bertz CT molecular complexity index is 1150. The van der Waals surface area contributed by atoms with Crippen LogP contribution in [0.1, 0.15) is 26.8 Å². The maximum Gasteiger partial charge on any atom is 0.349 e. The van der Waals surface area contributed by atoms with Crippen LogP contribution in [0.5, 0.6) is 0 Å². The van der Waals surface area contributed by atoms with E-state index in [9.17, 15) is 9.59 Å². The van der Waals surface area contributed by atoms with Gasteiger partial charge in [-0.2, -0.15) is 0 Å². The van der Waals surface area contributed by atoms with Crippen LogP contribution >= 0.6 is 11.3 Å². The molecule has 0 saturated carbocycles. The lowest BCUT2D eigenvalue weighted by molar-refractivity contribution is 0.0469. The highest BCUT2D eigenvalue weighted by Gasteiger charge is 2.20. The van der Waals surface area contributed by atoms with Crippen molar-refractivity contribution < 1.29 is 18.5 Å². The highest BCUT2D eigenvalue weighted by atomic mass is 32.1. The minimum absolute atomic E-state index is 0.0560. The lowest BCUT2D eigenvalue weighted by Crippen LogP contribution is -2.10. The van der Waals surface area contributed by atoms with Gasteiger partial charge in [0.15, 0.2) is 5.76 Å². The molecular weight excluding hydrogens is 358 g/mol. The van der Waals surface area contributed by atoms with Crippen LogP contribution < -0.4 is 5.56 Å². The molecule has 0 amide bonds. The number of carbonyl (C=O) groups is 1. The van der Waals surface area contributed by atoms with Gasteiger partial charge in [-0.3, -0.25) is 4.79 Å². The summed E-state index contributed by atoms with van der Waals surface area (Å²) in [5.74, 6) is 0.947. The molecule has 9 heteroatoms. The summed E-state index contributed by atoms with van der Waals surface area (Å²) in [6, 6.07) is 5.11. The van der Waals surface area contributed by atoms with E-state index in [2.05, 4.69) is 15.1 Å². The van der Waals surface area contributed by atoms with E-state index in [-0.39, 0.29) is 12.2 Å². The smallest absolute Gasteiger partial charge is 0.349 e. The molecule has 0 aliphatic rings. The molecule has 0 aliphatic carbocycles. The number of rotatable bonds is 4. The molecule has 0 spiro atoms. The van der Waals surface area contributed by atoms with Gasteiger partial charge in [-0.1, -0.05) is 5.16 Å². The first-order valence-electron chi connectivity index (χ1n) is 7.69. The minimum atomic E-state index is -0.537. The van der Waals surface area contributed by atoms with Crippen LogP contribution in [-0.2, 0) is 11.3 Å². The normalized spacial score (nSPS) is 11.2. The zero-order chi connectivity index (χ0) is 18.3. The van der Waals surface area contributed by atoms with Gasteiger partial charge in [-0.15, -0.1) is 11.3 Å². The van der Waals surface area contributed by atoms with Crippen molar-refractivity contribution in [3.05, 3.63) is 56.8 Å². The Kier molecular flexibility index (Phi) is 3.92. The first-order chi connectivity index (χ1) is 12.5. The van der Waals surface area contributed by atoms with Crippen LogP contribution in [0.15, 0.2) is 38.2 Å². The Labute approximate surface area is 150 Å². The molecule has 4 heterocycles. The molecular formula is C17H13N3O5S. The Hall–Kier alpha value is -3.20. The predicted molar refractivity (Wildman–Crippen MR) is 93.0 cm³/mol. The number of ether oxygens (including phenoxy) is 1. The molecule has 4 aromatic rings. The van der Waals surface area contributed by atoms with Gasteiger partial charge < -0.3 is 18.7 Å². The highest BCUT2D eigenvalue weighted by molar-refractivity contribution is 7.20. The van der Waals surface area contributed by atoms with E-state index in [1.807, 2.05) is 0 Å². The topological polar surface area (TPSA) is 111 Å². The molecule has 0 bridgehead atoms. The lowest BCUT2D eigenvalue weighted by Gasteiger charge is -2.00. The standard InChI is InChI=1S/C17H13N3O5S/c1-8-13-15(21)18-9(2)19-16(13)26-14(8)17(22)24-7-10-6-12(25-20-10)11-4-3-5-23-11/h3-6H,7H2,1-2H3,(H,18,19,21). The molecule has 0 fully saturated rings. The van der Waals surface area contributed by atoms with Gasteiger partial charge in [0.2, 0.25) is 5.76 Å². The number of aryl methyl sites for hydroxylation is 2. The Balaban J connectivity index is 1.54. The zero-order valence-electron chi connectivity index (χ0n) is 13.9. The fourth-order valence-corrected chi connectivity index (χ4v) is 3.69. The van der Waals surface area contributed by atoms with Crippen LogP contribution in [-0.4, -0.2) is 21.1 Å². The third-order valence-electron chi connectivity index (χ3n) is 3.78. The molecule has 4 rings (SSSR count). The van der Waals surface area contributed by atoms with Crippen molar-refractivity contribution in [2.45, 2.75) is 20.5 Å². The molecule has 1 N–H and O–H groups in total. The number of fused-ring (bicyclic) bond motifs is 1. The summed E-state index contributed by atoms with van der Waals surface area (Å²) >= 11 is 1.13. The van der Waals surface area contributed by atoms with Crippen LogP contribution in [0.25, 0.3) is 21.7 Å². The molecule has 0 atom stereocenters. The summed E-state index contributed by atoms with van der Waals surface area (Å²) in [5.41, 5.74) is 0.746. The number of esters is 1. The maximum atomic E-state index is 12.4. The van der Waals surface area contributed by atoms with Gasteiger partial charge in [0.1, 0.15) is 27.8 Å². The summed E-state index contributed by atoms with van der Waals surface area (Å²) in [6.45, 7) is 3.33. The third-order valence-corrected chi connectivity index (χ3v) is 4.94. The van der Waals surface area contributed by atoms with Crippen LogP contribution in [0.3, 0.4) is 0 Å². The second-order valence-corrected chi connectivity index (χ2v) is 6.62. The second kappa shape index (κ2) is 6.26. The molecule has 0 radical (unpaired) electrons. The number of nitrogens with zero attached hydrogens (tertiary/aromatic N) is 2. The van der Waals surface area contributed by atoms with E-state index in [0.29, 0.717) is 43.7 Å². The Morgan fingerprint density at radius 3 is 2.96 bits per heavy atom. The number of thiophene rings is 1. The Morgan fingerprint density at radius 1 is 1.35 bits per heavy atom. The number of aromatic nitrogens is 3. The number of H-pyrrole nitrogens is 1. The molecule has 0 aromatic carbocycles. The molecule has 0 unspecified atom stereocenters. The van der Waals surface area contributed by atoms with Crippen molar-refractivity contribution in [1.29, 1.82) is 0 Å². The maximum absolute atomic E-state index is 12.4. The van der Waals surface area contributed by atoms with Gasteiger partial charge in [-0.25, -0.2) is 9.78 Å². The quantitative estimate of drug-likeness (QED) is 0.548. The van der Waals surface area contributed by atoms with Crippen LogP contribution in [0, 0.1) is 13.8 Å². The molecule has 8 nitrogen and oxygen atoms in total. The SMILES string of the molecule is Cc1nc2sc(C(=O)OCc3cc(-c4ccco4)on3)c(C)c2c(=O)[nH]1. The van der Waals surface area contributed by atoms with Crippen molar-refractivity contribution in [3.63, 3.8) is 0 Å². The molecule has 0 aliphatic heterocycles. The molecule has 132 valence electrons. The van der Waals surface area contributed by atoms with Crippen molar-refractivity contribution in [1.82, 2.24) is 15.1 Å². The van der Waals surface area contributed by atoms with Crippen molar-refractivity contribution in [2.75, 3.05) is 0 Å². The van der Waals surface area contributed by atoms with Crippen molar-refractivity contribution in [2.24, 2.45) is 0 Å². The number of nitrogens with one attached hydrogen (secondary N) is 1. The fourth-order valence-electron chi connectivity index (χ4n) is 2.57. The molecule has 0 saturated heterocycles. The van der Waals surface area contributed by atoms with E-state index in [0.717, 1.165) is 11.3 Å². The van der Waals surface area contributed by atoms with E-state index in [1.54, 1.807) is 32.0 Å². The van der Waals surface area contributed by atoms with Crippen LogP contribution in [0.2, 0.25) is 0 Å². The second-order valence-electron chi connectivity index (χ2n) is 5.62. The summed E-state index contributed by atoms with van der Waals surface area (Å²) in [4.78, 5) is 32.3. The van der Waals surface area contributed by atoms with Crippen LogP contribution in [0.4, 0.5) is 0 Å². The largest absolute Gasteiger partial charge is 0.461 e. The molecule has 26 heavy (non-hydrogen) atoms. The number of carbonyl (C=O) groups excluding carboxylic acids is 1. The van der Waals surface area contributed by atoms with Gasteiger partial charge in [0.05, 0.1) is 11.6 Å². The monoisotopic (exact) mass is 371 g/mol. The third kappa shape index (κ3) is 2.82. The lowest BCUT2D eigenvalue weighted by atomic mass is 10.2. The van der Waals surface area contributed by atoms with E-state index >= 15 is 0 Å². The molecule has 4 aromatic heterocycles. The van der Waals surface area contributed by atoms with E-state index in [4.69, 9.17) is 13.7 Å². The summed E-state index contributed by atoms with van der Waals surface area (Å²) in [7, 11) is 0. The fraction of sp³-hybridized carbons (Fsp3) is 0.176. The average molecular weight is 371 g/mol. The van der Waals surface area contributed by atoms with Gasteiger partial charge in [0.25, 0.3) is 5.56 Å². The number of aromatic amines is 1. The van der Waals surface area contributed by atoms with E-state index < -0.39 is 5.97 Å². The summed E-state index contributed by atoms with van der Waals surface area (Å²) in [5, 5.41) is 4.26. The van der Waals surface area contributed by atoms with Crippen molar-refractivity contribution >= 4 is 27.5 Å². The average Bonchev–Trinajstić information content (AvgIpc) is 3.32. The first-order valence-corrected chi connectivity index (χ1v) is 8.51.